The van der Waals surface area contributed by atoms with E-state index in [0.717, 1.165) is 32.2 Å². The van der Waals surface area contributed by atoms with E-state index in [1.807, 2.05) is 13.8 Å². The highest BCUT2D eigenvalue weighted by Gasteiger charge is 2.21. The van der Waals surface area contributed by atoms with Crippen LogP contribution in [0.2, 0.25) is 0 Å². The molecule has 4 heteroatoms. The molecule has 80 valence electrons. The number of amides is 2. The molecule has 0 aromatic rings. The molecule has 1 N–H and O–H groups in total. The van der Waals surface area contributed by atoms with Crippen LogP contribution in [0, 0.1) is 5.92 Å². The highest BCUT2D eigenvalue weighted by atomic mass is 16.2. The van der Waals surface area contributed by atoms with Crippen LogP contribution >= 0.6 is 0 Å². The largest absolute Gasteiger partial charge is 0.328 e. The standard InChI is InChI=1S/C10H18N2O2/c1-8(2)9(7-13)11-10(14)12-5-3-4-6-12/h7-9H,3-6H2,1-2H3,(H,11,14)/t9-/m1/s1. The van der Waals surface area contributed by atoms with Gasteiger partial charge in [-0.15, -0.1) is 0 Å². The normalized spacial score (nSPS) is 18.4. The van der Waals surface area contributed by atoms with Crippen molar-refractivity contribution in [1.29, 1.82) is 0 Å². The summed E-state index contributed by atoms with van der Waals surface area (Å²) in [6.07, 6.45) is 2.94. The van der Waals surface area contributed by atoms with Crippen LogP contribution < -0.4 is 5.32 Å². The first-order valence-corrected chi connectivity index (χ1v) is 5.16. The summed E-state index contributed by atoms with van der Waals surface area (Å²) < 4.78 is 0. The molecule has 1 atom stereocenters. The Morgan fingerprint density at radius 2 is 1.93 bits per heavy atom. The molecule has 0 unspecified atom stereocenters. The molecule has 0 aliphatic carbocycles. The van der Waals surface area contributed by atoms with Crippen LogP contribution in [-0.2, 0) is 4.79 Å². The average molecular weight is 198 g/mol. The highest BCUT2D eigenvalue weighted by molar-refractivity contribution is 5.78. The number of likely N-dealkylation sites (tertiary alicyclic amines) is 1. The lowest BCUT2D eigenvalue weighted by molar-refractivity contribution is -0.110. The maximum absolute atomic E-state index is 11.6. The van der Waals surface area contributed by atoms with Crippen molar-refractivity contribution in [2.45, 2.75) is 32.7 Å². The summed E-state index contributed by atoms with van der Waals surface area (Å²) in [6.45, 7) is 5.47. The molecular weight excluding hydrogens is 180 g/mol. The van der Waals surface area contributed by atoms with Crippen LogP contribution in [0.5, 0.6) is 0 Å². The van der Waals surface area contributed by atoms with Gasteiger partial charge in [0.2, 0.25) is 0 Å². The molecule has 1 fully saturated rings. The number of aldehydes is 1. The Balaban J connectivity index is 2.41. The van der Waals surface area contributed by atoms with E-state index < -0.39 is 0 Å². The van der Waals surface area contributed by atoms with Gasteiger partial charge < -0.3 is 15.0 Å². The zero-order chi connectivity index (χ0) is 10.6. The number of hydrogen-bond acceptors (Lipinski definition) is 2. The van der Waals surface area contributed by atoms with Gasteiger partial charge in [-0.1, -0.05) is 13.8 Å². The van der Waals surface area contributed by atoms with Crippen molar-refractivity contribution in [3.8, 4) is 0 Å². The number of carbonyl (C=O) groups is 2. The molecule has 0 radical (unpaired) electrons. The Labute approximate surface area is 84.7 Å². The number of carbonyl (C=O) groups excluding carboxylic acids is 2. The van der Waals surface area contributed by atoms with Crippen molar-refractivity contribution < 1.29 is 9.59 Å². The molecular formula is C10H18N2O2. The van der Waals surface area contributed by atoms with Gasteiger partial charge in [-0.2, -0.15) is 0 Å². The maximum Gasteiger partial charge on any atom is 0.317 e. The lowest BCUT2D eigenvalue weighted by Gasteiger charge is -2.21. The van der Waals surface area contributed by atoms with Crippen molar-refractivity contribution in [1.82, 2.24) is 10.2 Å². The molecule has 0 saturated carbocycles. The second-order valence-corrected chi connectivity index (χ2v) is 4.05. The molecule has 4 nitrogen and oxygen atoms in total. The predicted molar refractivity (Wildman–Crippen MR) is 54.0 cm³/mol. The Hall–Kier alpha value is -1.06. The van der Waals surface area contributed by atoms with E-state index in [9.17, 15) is 9.59 Å². The van der Waals surface area contributed by atoms with Gasteiger partial charge in [-0.25, -0.2) is 4.79 Å². The smallest absolute Gasteiger partial charge is 0.317 e. The molecule has 1 aliphatic rings. The highest BCUT2D eigenvalue weighted by Crippen LogP contribution is 2.08. The van der Waals surface area contributed by atoms with Gasteiger partial charge in [0.25, 0.3) is 0 Å². The monoisotopic (exact) mass is 198 g/mol. The number of rotatable bonds is 3. The van der Waals surface area contributed by atoms with E-state index >= 15 is 0 Å². The fourth-order valence-electron chi connectivity index (χ4n) is 1.51. The first-order valence-electron chi connectivity index (χ1n) is 5.16. The second-order valence-electron chi connectivity index (χ2n) is 4.05. The van der Waals surface area contributed by atoms with Crippen LogP contribution in [0.25, 0.3) is 0 Å². The fourth-order valence-corrected chi connectivity index (χ4v) is 1.51. The van der Waals surface area contributed by atoms with Gasteiger partial charge in [0.15, 0.2) is 0 Å². The Bertz CT molecular complexity index is 210. The number of nitrogens with zero attached hydrogens (tertiary/aromatic N) is 1. The van der Waals surface area contributed by atoms with E-state index in [1.165, 1.54) is 0 Å². The van der Waals surface area contributed by atoms with Crippen LogP contribution in [0.1, 0.15) is 26.7 Å². The predicted octanol–water partition coefficient (Wildman–Crippen LogP) is 1.02. The van der Waals surface area contributed by atoms with Gasteiger partial charge in [-0.05, 0) is 18.8 Å². The third-order valence-electron chi connectivity index (χ3n) is 2.55. The van der Waals surface area contributed by atoms with Gasteiger partial charge in [0, 0.05) is 13.1 Å². The SMILES string of the molecule is CC(C)[C@@H](C=O)NC(=O)N1CCCC1. The van der Waals surface area contributed by atoms with Crippen molar-refractivity contribution >= 4 is 12.3 Å². The summed E-state index contributed by atoms with van der Waals surface area (Å²) in [6, 6.07) is -0.462. The van der Waals surface area contributed by atoms with E-state index in [0.29, 0.717) is 0 Å². The number of hydrogen-bond donors (Lipinski definition) is 1. The second kappa shape index (κ2) is 4.98. The zero-order valence-electron chi connectivity index (χ0n) is 8.82. The van der Waals surface area contributed by atoms with Gasteiger partial charge >= 0.3 is 6.03 Å². The van der Waals surface area contributed by atoms with Crippen LogP contribution in [0.3, 0.4) is 0 Å². The Morgan fingerprint density at radius 3 is 2.36 bits per heavy atom. The molecule has 1 heterocycles. The van der Waals surface area contributed by atoms with E-state index in [-0.39, 0.29) is 18.0 Å². The van der Waals surface area contributed by atoms with Crippen molar-refractivity contribution in [3.05, 3.63) is 0 Å². The summed E-state index contributed by atoms with van der Waals surface area (Å²) in [4.78, 5) is 24.0. The average Bonchev–Trinajstić information content (AvgIpc) is 2.65. The number of nitrogens with one attached hydrogen (secondary N) is 1. The van der Waals surface area contributed by atoms with Gasteiger partial charge in [0.05, 0.1) is 6.04 Å². The minimum atomic E-state index is -0.358. The minimum absolute atomic E-state index is 0.103. The van der Waals surface area contributed by atoms with Gasteiger partial charge in [0.1, 0.15) is 6.29 Å². The van der Waals surface area contributed by atoms with E-state index in [4.69, 9.17) is 0 Å². The van der Waals surface area contributed by atoms with Crippen LogP contribution in [0.4, 0.5) is 4.79 Å². The molecule has 2 amide bonds. The first-order chi connectivity index (χ1) is 6.65. The molecule has 14 heavy (non-hydrogen) atoms. The first kappa shape index (κ1) is 11.0. The van der Waals surface area contributed by atoms with Crippen molar-refractivity contribution in [3.63, 3.8) is 0 Å². The molecule has 1 aliphatic heterocycles. The lowest BCUT2D eigenvalue weighted by Crippen LogP contribution is -2.46. The van der Waals surface area contributed by atoms with Crippen molar-refractivity contribution in [2.24, 2.45) is 5.92 Å². The quantitative estimate of drug-likeness (QED) is 0.688. The fraction of sp³-hybridized carbons (Fsp3) is 0.800. The number of urea groups is 1. The molecule has 1 rings (SSSR count). The summed E-state index contributed by atoms with van der Waals surface area (Å²) in [5.41, 5.74) is 0. The third-order valence-corrected chi connectivity index (χ3v) is 2.55. The minimum Gasteiger partial charge on any atom is -0.328 e. The van der Waals surface area contributed by atoms with Crippen LogP contribution in [-0.4, -0.2) is 36.3 Å². The molecule has 0 aromatic heterocycles. The summed E-state index contributed by atoms with van der Waals surface area (Å²) in [5.74, 6) is 0.152. The molecule has 0 aromatic carbocycles. The van der Waals surface area contributed by atoms with Crippen LogP contribution in [0.15, 0.2) is 0 Å². The van der Waals surface area contributed by atoms with E-state index in [2.05, 4.69) is 5.32 Å². The Kier molecular flexibility index (Phi) is 3.92. The topological polar surface area (TPSA) is 49.4 Å². The summed E-state index contributed by atoms with van der Waals surface area (Å²) >= 11 is 0. The van der Waals surface area contributed by atoms with Gasteiger partial charge in [-0.3, -0.25) is 0 Å². The third kappa shape index (κ3) is 2.72. The molecule has 1 saturated heterocycles. The summed E-state index contributed by atoms with van der Waals surface area (Å²) in [5, 5.41) is 2.73. The van der Waals surface area contributed by atoms with E-state index in [1.54, 1.807) is 4.90 Å². The van der Waals surface area contributed by atoms with Crippen molar-refractivity contribution in [2.75, 3.05) is 13.1 Å². The zero-order valence-corrected chi connectivity index (χ0v) is 8.82. The Morgan fingerprint density at radius 1 is 1.36 bits per heavy atom. The maximum atomic E-state index is 11.6. The summed E-state index contributed by atoms with van der Waals surface area (Å²) in [7, 11) is 0. The molecule has 0 bridgehead atoms. The lowest BCUT2D eigenvalue weighted by atomic mass is 10.1. The molecule has 0 spiro atoms.